The molecule has 4 heteroatoms. The Morgan fingerprint density at radius 2 is 2.10 bits per heavy atom. The van der Waals surface area contributed by atoms with Crippen molar-refractivity contribution < 1.29 is 0 Å². The fourth-order valence-corrected chi connectivity index (χ4v) is 3.65. The zero-order chi connectivity index (χ0) is 15.0. The number of nitrogens with zero attached hydrogens (tertiary/aromatic N) is 3. The molecule has 1 aliphatic rings. The largest absolute Gasteiger partial charge is 0.308 e. The van der Waals surface area contributed by atoms with Gasteiger partial charge >= 0.3 is 0 Å². The zero-order valence-electron chi connectivity index (χ0n) is 13.1. The van der Waals surface area contributed by atoms with Crippen LogP contribution < -0.4 is 0 Å². The molecule has 114 valence electrons. The average Bonchev–Trinajstić information content (AvgIpc) is 2.71. The molecule has 3 nitrogen and oxygen atoms in total. The van der Waals surface area contributed by atoms with Crippen molar-refractivity contribution in [3.8, 4) is 0 Å². The average molecular weight is 306 g/mol. The lowest BCUT2D eigenvalue weighted by Gasteiger charge is -2.20. The summed E-state index contributed by atoms with van der Waals surface area (Å²) < 4.78 is 2.33. The van der Waals surface area contributed by atoms with E-state index in [9.17, 15) is 0 Å². The summed E-state index contributed by atoms with van der Waals surface area (Å²) in [6.07, 6.45) is 8.21. The Bertz CT molecular complexity index is 632. The molecular formula is C17H24ClN3. The van der Waals surface area contributed by atoms with Gasteiger partial charge in [0, 0.05) is 12.2 Å². The molecule has 0 spiro atoms. The van der Waals surface area contributed by atoms with E-state index in [1.54, 1.807) is 0 Å². The molecular weight excluding hydrogens is 282 g/mol. The van der Waals surface area contributed by atoms with Gasteiger partial charge in [0.15, 0.2) is 5.65 Å². The highest BCUT2D eigenvalue weighted by Crippen LogP contribution is 2.36. The first-order valence-corrected chi connectivity index (χ1v) is 8.49. The minimum atomic E-state index is -0.0840. The minimum absolute atomic E-state index is 0.0840. The Balaban J connectivity index is 2.11. The number of pyridine rings is 1. The lowest BCUT2D eigenvalue weighted by Crippen LogP contribution is -2.13. The van der Waals surface area contributed by atoms with Crippen LogP contribution in [-0.4, -0.2) is 14.5 Å². The molecule has 2 aromatic heterocycles. The van der Waals surface area contributed by atoms with Crippen LogP contribution in [0.3, 0.4) is 0 Å². The summed E-state index contributed by atoms with van der Waals surface area (Å²) >= 11 is 6.41. The fourth-order valence-electron chi connectivity index (χ4n) is 3.49. The van der Waals surface area contributed by atoms with Crippen LogP contribution in [0.1, 0.15) is 68.8 Å². The Hall–Kier alpha value is -1.09. The van der Waals surface area contributed by atoms with E-state index < -0.39 is 0 Å². The molecule has 3 unspecified atom stereocenters. The first-order chi connectivity index (χ1) is 10.1. The highest BCUT2D eigenvalue weighted by atomic mass is 35.5. The summed E-state index contributed by atoms with van der Waals surface area (Å²) in [5, 5.41) is -0.0840. The van der Waals surface area contributed by atoms with E-state index in [0.29, 0.717) is 6.04 Å². The maximum absolute atomic E-state index is 6.41. The van der Waals surface area contributed by atoms with Crippen molar-refractivity contribution in [2.45, 2.75) is 64.3 Å². The van der Waals surface area contributed by atoms with Crippen LogP contribution in [0.25, 0.3) is 11.2 Å². The molecule has 0 N–H and O–H groups in total. The van der Waals surface area contributed by atoms with Crippen molar-refractivity contribution in [2.75, 3.05) is 0 Å². The van der Waals surface area contributed by atoms with Crippen molar-refractivity contribution >= 4 is 22.8 Å². The minimum Gasteiger partial charge on any atom is -0.308 e. The van der Waals surface area contributed by atoms with E-state index in [-0.39, 0.29) is 5.38 Å². The number of halogens is 1. The molecule has 1 saturated carbocycles. The SMILES string of the molecule is Cc1ccnc2c1nc(C(C)Cl)n2C1CCCC(C)CC1. The lowest BCUT2D eigenvalue weighted by molar-refractivity contribution is 0.428. The molecule has 1 aliphatic carbocycles. The number of imidazole rings is 1. The Labute approximate surface area is 131 Å². The second-order valence-corrected chi connectivity index (χ2v) is 7.18. The molecule has 0 aromatic carbocycles. The van der Waals surface area contributed by atoms with Gasteiger partial charge in [-0.25, -0.2) is 9.97 Å². The van der Waals surface area contributed by atoms with E-state index in [1.807, 2.05) is 19.2 Å². The Kier molecular flexibility index (Phi) is 4.21. The molecule has 0 bridgehead atoms. The van der Waals surface area contributed by atoms with Crippen molar-refractivity contribution in [1.29, 1.82) is 0 Å². The van der Waals surface area contributed by atoms with Gasteiger partial charge in [0.1, 0.15) is 11.3 Å². The first-order valence-electron chi connectivity index (χ1n) is 8.05. The first kappa shape index (κ1) is 14.8. The second-order valence-electron chi connectivity index (χ2n) is 6.52. The lowest BCUT2D eigenvalue weighted by atomic mass is 10.0. The number of hydrogen-bond donors (Lipinski definition) is 0. The van der Waals surface area contributed by atoms with E-state index in [0.717, 1.165) is 22.9 Å². The van der Waals surface area contributed by atoms with Gasteiger partial charge < -0.3 is 4.57 Å². The van der Waals surface area contributed by atoms with E-state index >= 15 is 0 Å². The van der Waals surface area contributed by atoms with Crippen LogP contribution in [0.5, 0.6) is 0 Å². The number of aromatic nitrogens is 3. The summed E-state index contributed by atoms with van der Waals surface area (Å²) in [7, 11) is 0. The van der Waals surface area contributed by atoms with Gasteiger partial charge in [-0.15, -0.1) is 11.6 Å². The maximum Gasteiger partial charge on any atom is 0.160 e. The zero-order valence-corrected chi connectivity index (χ0v) is 13.9. The number of hydrogen-bond acceptors (Lipinski definition) is 2. The molecule has 21 heavy (non-hydrogen) atoms. The summed E-state index contributed by atoms with van der Waals surface area (Å²) in [4.78, 5) is 9.42. The summed E-state index contributed by atoms with van der Waals surface area (Å²) in [5.74, 6) is 1.81. The van der Waals surface area contributed by atoms with E-state index in [1.165, 1.54) is 37.7 Å². The normalized spacial score (nSPS) is 25.0. The van der Waals surface area contributed by atoms with Crippen LogP contribution in [-0.2, 0) is 0 Å². The standard InChI is InChI=1S/C17H24ClN3/c1-11-5-4-6-14(8-7-11)21-16(13(3)18)20-15-12(2)9-10-19-17(15)21/h9-11,13-14H,4-8H2,1-3H3. The number of rotatable bonds is 2. The molecule has 1 fully saturated rings. The van der Waals surface area contributed by atoms with Gasteiger partial charge in [-0.3, -0.25) is 0 Å². The van der Waals surface area contributed by atoms with Crippen LogP contribution in [0.2, 0.25) is 0 Å². The fraction of sp³-hybridized carbons (Fsp3) is 0.647. The van der Waals surface area contributed by atoms with Gasteiger partial charge in [-0.2, -0.15) is 0 Å². The second kappa shape index (κ2) is 5.96. The third-order valence-electron chi connectivity index (χ3n) is 4.76. The molecule has 0 radical (unpaired) electrons. The van der Waals surface area contributed by atoms with Gasteiger partial charge in [0.25, 0.3) is 0 Å². The van der Waals surface area contributed by atoms with Crippen LogP contribution in [0.15, 0.2) is 12.3 Å². The third-order valence-corrected chi connectivity index (χ3v) is 4.95. The van der Waals surface area contributed by atoms with E-state index in [4.69, 9.17) is 16.6 Å². The highest BCUT2D eigenvalue weighted by Gasteiger charge is 2.25. The highest BCUT2D eigenvalue weighted by molar-refractivity contribution is 6.20. The number of fused-ring (bicyclic) bond motifs is 1. The van der Waals surface area contributed by atoms with Crippen LogP contribution >= 0.6 is 11.6 Å². The molecule has 0 aliphatic heterocycles. The van der Waals surface area contributed by atoms with Gasteiger partial charge in [0.2, 0.25) is 0 Å². The summed E-state index contributed by atoms with van der Waals surface area (Å²) in [6.45, 7) is 6.47. The topological polar surface area (TPSA) is 30.7 Å². The number of aryl methyl sites for hydroxylation is 1. The molecule has 2 aromatic rings. The Morgan fingerprint density at radius 3 is 2.86 bits per heavy atom. The van der Waals surface area contributed by atoms with E-state index in [2.05, 4.69) is 23.4 Å². The summed E-state index contributed by atoms with van der Waals surface area (Å²) in [6, 6.07) is 2.52. The smallest absolute Gasteiger partial charge is 0.160 e. The quantitative estimate of drug-likeness (QED) is 0.565. The number of alkyl halides is 1. The predicted octanol–water partition coefficient (Wildman–Crippen LogP) is 5.18. The maximum atomic E-state index is 6.41. The van der Waals surface area contributed by atoms with Crippen molar-refractivity contribution in [2.24, 2.45) is 5.92 Å². The monoisotopic (exact) mass is 305 g/mol. The molecule has 2 heterocycles. The van der Waals surface area contributed by atoms with Gasteiger partial charge in [0.05, 0.1) is 5.38 Å². The van der Waals surface area contributed by atoms with Crippen molar-refractivity contribution in [3.05, 3.63) is 23.7 Å². The van der Waals surface area contributed by atoms with Crippen LogP contribution in [0.4, 0.5) is 0 Å². The van der Waals surface area contributed by atoms with Gasteiger partial charge in [-0.05, 0) is 50.7 Å². The van der Waals surface area contributed by atoms with Crippen LogP contribution in [0, 0.1) is 12.8 Å². The van der Waals surface area contributed by atoms with Crippen molar-refractivity contribution in [3.63, 3.8) is 0 Å². The summed E-state index contributed by atoms with van der Waals surface area (Å²) in [5.41, 5.74) is 3.20. The Morgan fingerprint density at radius 1 is 1.29 bits per heavy atom. The molecule has 0 saturated heterocycles. The predicted molar refractivity (Wildman–Crippen MR) is 87.8 cm³/mol. The molecule has 0 amide bonds. The van der Waals surface area contributed by atoms with Crippen molar-refractivity contribution in [1.82, 2.24) is 14.5 Å². The van der Waals surface area contributed by atoms with Gasteiger partial charge in [-0.1, -0.05) is 19.8 Å². The third kappa shape index (κ3) is 2.80. The molecule has 3 rings (SSSR count). The molecule has 3 atom stereocenters.